The minimum atomic E-state index is 0.242. The first-order valence-corrected chi connectivity index (χ1v) is 6.33. The van der Waals surface area contributed by atoms with Crippen molar-refractivity contribution in [2.24, 2.45) is 11.7 Å². The normalized spacial score (nSPS) is 23.7. The largest absolute Gasteiger partial charge is 0.324 e. The third-order valence-electron chi connectivity index (χ3n) is 3.02. The van der Waals surface area contributed by atoms with Crippen molar-refractivity contribution in [3.8, 4) is 0 Å². The molecule has 1 aromatic rings. The molecule has 1 heterocycles. The molecular weight excluding hydrogens is 190 g/mol. The van der Waals surface area contributed by atoms with Crippen molar-refractivity contribution in [1.29, 1.82) is 0 Å². The summed E-state index contributed by atoms with van der Waals surface area (Å²) >= 11 is 2.03. The van der Waals surface area contributed by atoms with Gasteiger partial charge in [-0.1, -0.05) is 24.3 Å². The zero-order chi connectivity index (χ0) is 9.97. The Kier molecular flexibility index (Phi) is 3.14. The van der Waals surface area contributed by atoms with Gasteiger partial charge in [-0.3, -0.25) is 0 Å². The third-order valence-corrected chi connectivity index (χ3v) is 4.21. The van der Waals surface area contributed by atoms with Crippen LogP contribution in [-0.2, 0) is 0 Å². The van der Waals surface area contributed by atoms with Gasteiger partial charge < -0.3 is 5.73 Å². The van der Waals surface area contributed by atoms with Gasteiger partial charge >= 0.3 is 0 Å². The lowest BCUT2D eigenvalue weighted by molar-refractivity contribution is 0.480. The minimum Gasteiger partial charge on any atom is -0.324 e. The number of rotatable bonds is 2. The van der Waals surface area contributed by atoms with Gasteiger partial charge in [-0.25, -0.2) is 0 Å². The van der Waals surface area contributed by atoms with E-state index in [0.717, 1.165) is 0 Å². The number of thioether (sulfide) groups is 1. The van der Waals surface area contributed by atoms with E-state index in [2.05, 4.69) is 31.2 Å². The Balaban J connectivity index is 2.17. The highest BCUT2D eigenvalue weighted by Gasteiger charge is 2.24. The molecule has 2 rings (SSSR count). The highest BCUT2D eigenvalue weighted by molar-refractivity contribution is 7.99. The molecule has 1 nitrogen and oxygen atoms in total. The van der Waals surface area contributed by atoms with Crippen LogP contribution in [0.2, 0.25) is 0 Å². The van der Waals surface area contributed by atoms with Crippen molar-refractivity contribution in [2.75, 3.05) is 11.5 Å². The monoisotopic (exact) mass is 207 g/mol. The Morgan fingerprint density at radius 2 is 2.21 bits per heavy atom. The lowest BCUT2D eigenvalue weighted by Gasteiger charge is -2.20. The number of benzene rings is 1. The predicted molar refractivity (Wildman–Crippen MR) is 63.5 cm³/mol. The third kappa shape index (κ3) is 1.96. The first-order chi connectivity index (χ1) is 6.79. The number of aryl methyl sites for hydroxylation is 1. The van der Waals surface area contributed by atoms with Crippen molar-refractivity contribution in [1.82, 2.24) is 0 Å². The summed E-state index contributed by atoms with van der Waals surface area (Å²) in [5, 5.41) is 0. The van der Waals surface area contributed by atoms with Gasteiger partial charge in [-0.05, 0) is 41.9 Å². The number of hydrogen-bond donors (Lipinski definition) is 1. The van der Waals surface area contributed by atoms with Crippen LogP contribution in [0.25, 0.3) is 0 Å². The smallest absolute Gasteiger partial charge is 0.0334 e. The van der Waals surface area contributed by atoms with Crippen LogP contribution in [0.5, 0.6) is 0 Å². The second-order valence-electron chi connectivity index (χ2n) is 4.01. The number of hydrogen-bond acceptors (Lipinski definition) is 2. The van der Waals surface area contributed by atoms with Crippen LogP contribution in [0, 0.1) is 12.8 Å². The molecule has 2 heteroatoms. The molecule has 1 saturated heterocycles. The van der Waals surface area contributed by atoms with Crippen molar-refractivity contribution in [3.63, 3.8) is 0 Å². The van der Waals surface area contributed by atoms with Crippen molar-refractivity contribution in [3.05, 3.63) is 35.4 Å². The second-order valence-corrected chi connectivity index (χ2v) is 5.16. The first kappa shape index (κ1) is 10.1. The quantitative estimate of drug-likeness (QED) is 0.807. The molecule has 1 fully saturated rings. The Labute approximate surface area is 90.1 Å². The Bertz CT molecular complexity index is 305. The lowest BCUT2D eigenvalue weighted by Crippen LogP contribution is -2.21. The summed E-state index contributed by atoms with van der Waals surface area (Å²) in [5.41, 5.74) is 8.95. The first-order valence-electron chi connectivity index (χ1n) is 5.18. The van der Waals surface area contributed by atoms with Gasteiger partial charge in [0.05, 0.1) is 0 Å². The molecule has 76 valence electrons. The zero-order valence-electron chi connectivity index (χ0n) is 8.57. The topological polar surface area (TPSA) is 26.0 Å². The van der Waals surface area contributed by atoms with Gasteiger partial charge in [0.1, 0.15) is 0 Å². The van der Waals surface area contributed by atoms with E-state index in [0.29, 0.717) is 5.92 Å². The van der Waals surface area contributed by atoms with Gasteiger partial charge in [0.2, 0.25) is 0 Å². The summed E-state index contributed by atoms with van der Waals surface area (Å²) in [6, 6.07) is 8.73. The van der Waals surface area contributed by atoms with Crippen LogP contribution >= 0.6 is 11.8 Å². The summed E-state index contributed by atoms with van der Waals surface area (Å²) in [6.07, 6.45) is 1.28. The van der Waals surface area contributed by atoms with Gasteiger partial charge in [0.25, 0.3) is 0 Å². The molecule has 1 aliphatic heterocycles. The maximum Gasteiger partial charge on any atom is 0.0334 e. The summed E-state index contributed by atoms with van der Waals surface area (Å²) < 4.78 is 0. The lowest BCUT2D eigenvalue weighted by atomic mass is 9.91. The Hall–Kier alpha value is -0.470. The van der Waals surface area contributed by atoms with Gasteiger partial charge in [-0.15, -0.1) is 0 Å². The van der Waals surface area contributed by atoms with Crippen molar-refractivity contribution in [2.45, 2.75) is 19.4 Å². The minimum absolute atomic E-state index is 0.242. The zero-order valence-corrected chi connectivity index (χ0v) is 9.39. The second kappa shape index (κ2) is 4.37. The molecule has 0 bridgehead atoms. The fourth-order valence-electron chi connectivity index (χ4n) is 2.05. The highest BCUT2D eigenvalue weighted by atomic mass is 32.2. The van der Waals surface area contributed by atoms with Crippen LogP contribution in [0.3, 0.4) is 0 Å². The van der Waals surface area contributed by atoms with Crippen LogP contribution in [-0.4, -0.2) is 11.5 Å². The van der Waals surface area contributed by atoms with Gasteiger partial charge in [0, 0.05) is 6.04 Å². The number of nitrogens with two attached hydrogens (primary N) is 1. The van der Waals surface area contributed by atoms with E-state index in [9.17, 15) is 0 Å². The molecular formula is C12H17NS. The molecule has 1 aromatic carbocycles. The SMILES string of the molecule is Cc1ccccc1C(N)C1CCSC1. The maximum absolute atomic E-state index is 6.29. The van der Waals surface area contributed by atoms with Crippen molar-refractivity contribution < 1.29 is 0 Å². The Morgan fingerprint density at radius 1 is 1.43 bits per heavy atom. The molecule has 0 amide bonds. The molecule has 0 aliphatic carbocycles. The molecule has 0 saturated carbocycles. The molecule has 2 N–H and O–H groups in total. The van der Waals surface area contributed by atoms with E-state index >= 15 is 0 Å². The standard InChI is InChI=1S/C12H17NS/c1-9-4-2-3-5-11(9)12(13)10-6-7-14-8-10/h2-5,10,12H,6-8,13H2,1H3. The summed E-state index contributed by atoms with van der Waals surface area (Å²) in [4.78, 5) is 0. The van der Waals surface area contributed by atoms with Gasteiger partial charge in [-0.2, -0.15) is 11.8 Å². The van der Waals surface area contributed by atoms with Crippen LogP contribution < -0.4 is 5.73 Å². The fourth-order valence-corrected chi connectivity index (χ4v) is 3.36. The van der Waals surface area contributed by atoms with E-state index in [1.807, 2.05) is 11.8 Å². The van der Waals surface area contributed by atoms with Gasteiger partial charge in [0.15, 0.2) is 0 Å². The average Bonchev–Trinajstić information content (AvgIpc) is 2.70. The van der Waals surface area contributed by atoms with Crippen LogP contribution in [0.15, 0.2) is 24.3 Å². The fraction of sp³-hybridized carbons (Fsp3) is 0.500. The van der Waals surface area contributed by atoms with E-state index in [4.69, 9.17) is 5.73 Å². The van der Waals surface area contributed by atoms with Crippen LogP contribution in [0.4, 0.5) is 0 Å². The van der Waals surface area contributed by atoms with Crippen LogP contribution in [0.1, 0.15) is 23.6 Å². The molecule has 0 radical (unpaired) electrons. The Morgan fingerprint density at radius 3 is 2.86 bits per heavy atom. The highest BCUT2D eigenvalue weighted by Crippen LogP contribution is 2.33. The van der Waals surface area contributed by atoms with E-state index in [-0.39, 0.29) is 6.04 Å². The summed E-state index contributed by atoms with van der Waals surface area (Å²) in [6.45, 7) is 2.15. The maximum atomic E-state index is 6.29. The van der Waals surface area contributed by atoms with E-state index in [1.54, 1.807) is 0 Å². The average molecular weight is 207 g/mol. The summed E-state index contributed by atoms with van der Waals surface area (Å²) in [5.74, 6) is 3.20. The van der Waals surface area contributed by atoms with Crippen molar-refractivity contribution >= 4 is 11.8 Å². The molecule has 0 spiro atoms. The molecule has 14 heavy (non-hydrogen) atoms. The molecule has 0 aromatic heterocycles. The summed E-state index contributed by atoms with van der Waals surface area (Å²) in [7, 11) is 0. The predicted octanol–water partition coefficient (Wildman–Crippen LogP) is 2.75. The molecule has 1 aliphatic rings. The van der Waals surface area contributed by atoms with E-state index in [1.165, 1.54) is 29.1 Å². The van der Waals surface area contributed by atoms with E-state index < -0.39 is 0 Å². The molecule has 2 unspecified atom stereocenters. The molecule has 2 atom stereocenters.